The number of aliphatic hydroxyl groups is 2. The van der Waals surface area contributed by atoms with Gasteiger partial charge in [0, 0.05) is 0 Å². The van der Waals surface area contributed by atoms with E-state index >= 15 is 0 Å². The van der Waals surface area contributed by atoms with E-state index < -0.39 is 0 Å². The molecule has 0 aromatic carbocycles. The summed E-state index contributed by atoms with van der Waals surface area (Å²) in [6.07, 6.45) is 0. The molecule has 2 nitrogen and oxygen atoms in total. The molecular formula is C3H9FeO2. The van der Waals surface area contributed by atoms with Crippen molar-refractivity contribution in [3.8, 4) is 0 Å². The quantitative estimate of drug-likeness (QED) is 0.378. The molecule has 0 saturated heterocycles. The van der Waals surface area contributed by atoms with Gasteiger partial charge in [-0.2, -0.15) is 0 Å². The molecule has 0 fully saturated rings. The Bertz CT molecular complexity index is 8.75. The van der Waals surface area contributed by atoms with Gasteiger partial charge in [0.15, 0.2) is 0 Å². The first-order valence-corrected chi connectivity index (χ1v) is 0.632. The zero-order chi connectivity index (χ0) is 4.00. The maximum absolute atomic E-state index is 6.75. The van der Waals surface area contributed by atoms with Gasteiger partial charge in [0.25, 0.3) is 0 Å². The Balaban J connectivity index is -0.00000000500. The first kappa shape index (κ1) is 32.0. The van der Waals surface area contributed by atoms with Crippen molar-refractivity contribution in [1.82, 2.24) is 0 Å². The molecule has 41 valence electrons. The van der Waals surface area contributed by atoms with Gasteiger partial charge in [-0.05, 0) is 0 Å². The van der Waals surface area contributed by atoms with Crippen LogP contribution in [-0.2, 0) is 17.1 Å². The fourth-order valence-corrected chi connectivity index (χ4v) is 0. The maximum Gasteiger partial charge on any atom is 3.00 e. The van der Waals surface area contributed by atoms with Crippen LogP contribution in [-0.4, -0.2) is 10.2 Å². The van der Waals surface area contributed by atoms with E-state index in [9.17, 15) is 0 Å². The zero-order valence-electron chi connectivity index (χ0n) is 3.66. The summed E-state index contributed by atoms with van der Waals surface area (Å²) >= 11 is 0. The third kappa shape index (κ3) is 272. The van der Waals surface area contributed by atoms with E-state index in [1.165, 1.54) is 0 Å². The second-order valence-corrected chi connectivity index (χ2v) is 0. The molecule has 0 saturated carbocycles. The van der Waals surface area contributed by atoms with Crippen LogP contribution in [0.5, 0.6) is 0 Å². The summed E-state index contributed by atoms with van der Waals surface area (Å²) in [7, 11) is 4.50. The molecule has 0 atom stereocenters. The minimum atomic E-state index is 0. The Morgan fingerprint density at radius 2 is 0.833 bits per heavy atom. The Morgan fingerprint density at radius 1 is 0.833 bits per heavy atom. The molecule has 0 heterocycles. The number of hydrogen-bond acceptors (Lipinski definition) is 2. The van der Waals surface area contributed by atoms with Gasteiger partial charge >= 0.3 is 17.1 Å². The molecule has 0 aliphatic heterocycles. The van der Waals surface area contributed by atoms with Crippen LogP contribution in [0, 0.1) is 21.6 Å². The normalized spacial score (nSPS) is 2.00. The van der Waals surface area contributed by atoms with Crippen molar-refractivity contribution < 1.29 is 27.3 Å². The molecule has 1 radical (unpaired) electrons. The van der Waals surface area contributed by atoms with E-state index in [4.69, 9.17) is 10.2 Å². The monoisotopic (exact) mass is 133 g/mol. The Hall–Kier alpha value is 0.439. The minimum absolute atomic E-state index is 0. The minimum Gasteiger partial charge on any atom is -0.569 e. The van der Waals surface area contributed by atoms with Gasteiger partial charge in [0.2, 0.25) is 0 Å². The summed E-state index contributed by atoms with van der Waals surface area (Å²) in [4.78, 5) is 0. The van der Waals surface area contributed by atoms with Crippen LogP contribution in [0.3, 0.4) is 0 Å². The van der Waals surface area contributed by atoms with Gasteiger partial charge in [-0.15, -0.1) is 0 Å². The van der Waals surface area contributed by atoms with Gasteiger partial charge in [-0.1, -0.05) is 0 Å². The van der Waals surface area contributed by atoms with E-state index in [1.54, 1.807) is 0 Å². The standard InChI is InChI=1S/2CH3O.CH3.Fe/c2*1-2;;/h2*2H,1H2;1H3;/q3*-1;+3. The van der Waals surface area contributed by atoms with Crippen molar-refractivity contribution in [2.75, 3.05) is 0 Å². The molecule has 0 bridgehead atoms. The molecule has 0 rings (SSSR count). The molecule has 3 heteroatoms. The van der Waals surface area contributed by atoms with Crippen molar-refractivity contribution in [2.45, 2.75) is 0 Å². The number of rotatable bonds is 0. The average molecular weight is 133 g/mol. The van der Waals surface area contributed by atoms with E-state index in [-0.39, 0.29) is 24.5 Å². The second kappa shape index (κ2) is 555. The second-order valence-electron chi connectivity index (χ2n) is 0. The third-order valence-electron chi connectivity index (χ3n) is 0. The molecule has 0 aliphatic rings. The smallest absolute Gasteiger partial charge is 0.569 e. The maximum atomic E-state index is 6.75. The number of aliphatic hydroxyl groups excluding tert-OH is 2. The Labute approximate surface area is 49.7 Å². The Kier molecular flexibility index (Phi) is 2960. The molecule has 0 unspecified atom stereocenters. The average Bonchev–Trinajstić information content (AvgIpc) is 1.50. The molecule has 0 spiro atoms. The van der Waals surface area contributed by atoms with E-state index in [0.717, 1.165) is 0 Å². The first-order chi connectivity index (χ1) is 2.00. The van der Waals surface area contributed by atoms with Crippen LogP contribution in [0.4, 0.5) is 0 Å². The van der Waals surface area contributed by atoms with Crippen LogP contribution >= 0.6 is 0 Å². The molecule has 6 heavy (non-hydrogen) atoms. The van der Waals surface area contributed by atoms with E-state index in [2.05, 4.69) is 14.2 Å². The summed E-state index contributed by atoms with van der Waals surface area (Å²) in [6.45, 7) is 0. The summed E-state index contributed by atoms with van der Waals surface area (Å²) in [5, 5.41) is 13.5. The SMILES string of the molecule is [CH2-]O.[CH2-]O.[CH3-].[Fe+3]. The van der Waals surface area contributed by atoms with Crippen LogP contribution in [0.15, 0.2) is 0 Å². The summed E-state index contributed by atoms with van der Waals surface area (Å²) in [5.74, 6) is 0. The predicted octanol–water partition coefficient (Wildman–Crippen LogP) is 0.749. The van der Waals surface area contributed by atoms with Crippen molar-refractivity contribution in [3.05, 3.63) is 21.6 Å². The zero-order valence-corrected chi connectivity index (χ0v) is 4.77. The van der Waals surface area contributed by atoms with Crippen molar-refractivity contribution in [3.63, 3.8) is 0 Å². The number of hydrogen-bond donors (Lipinski definition) is 2. The molecular weight excluding hydrogens is 124 g/mol. The van der Waals surface area contributed by atoms with Crippen LogP contribution in [0.2, 0.25) is 0 Å². The Morgan fingerprint density at radius 3 is 0.833 bits per heavy atom. The fourth-order valence-electron chi connectivity index (χ4n) is 0. The fraction of sp³-hybridized carbons (Fsp3) is 0. The first-order valence-electron chi connectivity index (χ1n) is 0.632. The third-order valence-corrected chi connectivity index (χ3v) is 0. The molecule has 0 amide bonds. The van der Waals surface area contributed by atoms with Crippen LogP contribution < -0.4 is 0 Å². The van der Waals surface area contributed by atoms with Crippen molar-refractivity contribution >= 4 is 0 Å². The molecule has 0 aromatic heterocycles. The van der Waals surface area contributed by atoms with Gasteiger partial charge in [0.05, 0.1) is 0 Å². The van der Waals surface area contributed by atoms with E-state index in [1.807, 2.05) is 0 Å². The van der Waals surface area contributed by atoms with E-state index in [0.29, 0.717) is 0 Å². The largest absolute Gasteiger partial charge is 3.00 e. The summed E-state index contributed by atoms with van der Waals surface area (Å²) in [6, 6.07) is 0. The summed E-state index contributed by atoms with van der Waals surface area (Å²) in [5.41, 5.74) is 0. The van der Waals surface area contributed by atoms with Crippen LogP contribution in [0.25, 0.3) is 0 Å². The van der Waals surface area contributed by atoms with Crippen molar-refractivity contribution in [2.24, 2.45) is 0 Å². The van der Waals surface area contributed by atoms with Gasteiger partial charge in [-0.3, -0.25) is 0 Å². The summed E-state index contributed by atoms with van der Waals surface area (Å²) < 4.78 is 0. The topological polar surface area (TPSA) is 40.5 Å². The molecule has 2 N–H and O–H groups in total. The van der Waals surface area contributed by atoms with Gasteiger partial charge < -0.3 is 17.6 Å². The van der Waals surface area contributed by atoms with Gasteiger partial charge in [0.1, 0.15) is 0 Å². The van der Waals surface area contributed by atoms with Crippen LogP contribution in [0.1, 0.15) is 0 Å². The molecule has 0 aromatic rings. The molecule has 0 aliphatic carbocycles. The predicted molar refractivity (Wildman–Crippen MR) is 21.0 cm³/mol. The van der Waals surface area contributed by atoms with Crippen molar-refractivity contribution in [1.29, 1.82) is 0 Å². The van der Waals surface area contributed by atoms with Gasteiger partial charge in [-0.25, -0.2) is 14.2 Å².